The van der Waals surface area contributed by atoms with Gasteiger partial charge in [-0.05, 0) is 29.5 Å². The van der Waals surface area contributed by atoms with Crippen molar-refractivity contribution in [2.75, 3.05) is 13.7 Å². The summed E-state index contributed by atoms with van der Waals surface area (Å²) in [6, 6.07) is 0. The molecule has 0 amide bonds. The van der Waals surface area contributed by atoms with Crippen LogP contribution in [0.2, 0.25) is 0 Å². The zero-order valence-electron chi connectivity index (χ0n) is 6.67. The zero-order chi connectivity index (χ0) is 8.27. The Kier molecular flexibility index (Phi) is 3.32. The molecule has 11 heavy (non-hydrogen) atoms. The van der Waals surface area contributed by atoms with Gasteiger partial charge in [0.1, 0.15) is 3.70 Å². The van der Waals surface area contributed by atoms with Crippen LogP contribution in [0.1, 0.15) is 5.56 Å². The van der Waals surface area contributed by atoms with E-state index < -0.39 is 0 Å². The van der Waals surface area contributed by atoms with E-state index in [1.807, 2.05) is 10.9 Å². The van der Waals surface area contributed by atoms with E-state index >= 15 is 0 Å². The first-order chi connectivity index (χ1) is 5.25. The summed E-state index contributed by atoms with van der Waals surface area (Å²) in [5.74, 6) is 0. The van der Waals surface area contributed by atoms with Gasteiger partial charge in [0.05, 0.1) is 19.3 Å². The molecular formula is C7H11IN2O. The van der Waals surface area contributed by atoms with Crippen LogP contribution in [0.15, 0.2) is 6.20 Å². The number of methoxy groups -OCH3 is 1. The first kappa shape index (κ1) is 8.99. The lowest BCUT2D eigenvalue weighted by Crippen LogP contribution is -2.07. The van der Waals surface area contributed by atoms with Crippen molar-refractivity contribution in [3.8, 4) is 0 Å². The summed E-state index contributed by atoms with van der Waals surface area (Å²) in [6.07, 6.45) is 1.87. The Morgan fingerprint density at radius 3 is 2.91 bits per heavy atom. The van der Waals surface area contributed by atoms with Gasteiger partial charge in [-0.2, -0.15) is 5.10 Å². The SMILES string of the molecule is COCCn1ncc(C)c1I. The number of hydrogen-bond donors (Lipinski definition) is 0. The largest absolute Gasteiger partial charge is 0.383 e. The van der Waals surface area contributed by atoms with Gasteiger partial charge in [-0.25, -0.2) is 0 Å². The van der Waals surface area contributed by atoms with E-state index in [1.165, 1.54) is 9.26 Å². The van der Waals surface area contributed by atoms with E-state index in [2.05, 4.69) is 34.6 Å². The zero-order valence-corrected chi connectivity index (χ0v) is 8.83. The second-order valence-electron chi connectivity index (χ2n) is 2.33. The van der Waals surface area contributed by atoms with E-state index in [0.29, 0.717) is 0 Å². The number of ether oxygens (including phenoxy) is 1. The molecule has 0 atom stereocenters. The number of nitrogens with zero attached hydrogens (tertiary/aromatic N) is 2. The quantitative estimate of drug-likeness (QED) is 0.774. The van der Waals surface area contributed by atoms with Gasteiger partial charge in [-0.3, -0.25) is 4.68 Å². The molecule has 0 fully saturated rings. The lowest BCUT2D eigenvalue weighted by molar-refractivity contribution is 0.182. The Morgan fingerprint density at radius 1 is 1.73 bits per heavy atom. The lowest BCUT2D eigenvalue weighted by atomic mass is 10.4. The standard InChI is InChI=1S/C7H11IN2O/c1-6-5-9-10(7(6)8)3-4-11-2/h5H,3-4H2,1-2H3. The first-order valence-corrected chi connectivity index (χ1v) is 4.50. The number of aryl methyl sites for hydroxylation is 1. The molecule has 1 heterocycles. The molecule has 3 nitrogen and oxygen atoms in total. The second-order valence-corrected chi connectivity index (χ2v) is 3.36. The van der Waals surface area contributed by atoms with Crippen molar-refractivity contribution >= 4 is 22.6 Å². The molecule has 4 heteroatoms. The minimum atomic E-state index is 0.719. The van der Waals surface area contributed by atoms with Gasteiger partial charge < -0.3 is 4.74 Å². The van der Waals surface area contributed by atoms with Crippen molar-refractivity contribution < 1.29 is 4.74 Å². The summed E-state index contributed by atoms with van der Waals surface area (Å²) < 4.78 is 8.08. The van der Waals surface area contributed by atoms with Crippen molar-refractivity contribution in [3.05, 3.63) is 15.5 Å². The molecule has 0 unspecified atom stereocenters. The Morgan fingerprint density at radius 2 is 2.45 bits per heavy atom. The number of aromatic nitrogens is 2. The van der Waals surface area contributed by atoms with E-state index in [-0.39, 0.29) is 0 Å². The summed E-state index contributed by atoms with van der Waals surface area (Å²) in [4.78, 5) is 0. The lowest BCUT2D eigenvalue weighted by Gasteiger charge is -2.01. The topological polar surface area (TPSA) is 27.1 Å². The number of hydrogen-bond acceptors (Lipinski definition) is 2. The first-order valence-electron chi connectivity index (χ1n) is 3.42. The maximum absolute atomic E-state index is 4.95. The van der Waals surface area contributed by atoms with Gasteiger partial charge in [0.15, 0.2) is 0 Å². The molecule has 0 N–H and O–H groups in total. The van der Waals surface area contributed by atoms with Crippen LogP contribution in [-0.2, 0) is 11.3 Å². The van der Waals surface area contributed by atoms with Crippen molar-refractivity contribution in [2.24, 2.45) is 0 Å². The monoisotopic (exact) mass is 266 g/mol. The van der Waals surface area contributed by atoms with Crippen LogP contribution in [0, 0.1) is 10.6 Å². The van der Waals surface area contributed by atoms with Crippen molar-refractivity contribution in [2.45, 2.75) is 13.5 Å². The molecule has 0 radical (unpaired) electrons. The minimum absolute atomic E-state index is 0.719. The summed E-state index contributed by atoms with van der Waals surface area (Å²) in [6.45, 7) is 3.61. The van der Waals surface area contributed by atoms with Gasteiger partial charge in [0, 0.05) is 12.7 Å². The average molecular weight is 266 g/mol. The fourth-order valence-corrected chi connectivity index (χ4v) is 1.30. The highest BCUT2D eigenvalue weighted by Crippen LogP contribution is 2.09. The molecule has 0 spiro atoms. The van der Waals surface area contributed by atoms with Crippen LogP contribution in [0.25, 0.3) is 0 Å². The highest BCUT2D eigenvalue weighted by molar-refractivity contribution is 14.1. The van der Waals surface area contributed by atoms with Gasteiger partial charge in [-0.1, -0.05) is 0 Å². The molecule has 1 aromatic rings. The van der Waals surface area contributed by atoms with E-state index in [4.69, 9.17) is 4.74 Å². The molecule has 0 aliphatic heterocycles. The van der Waals surface area contributed by atoms with Crippen LogP contribution in [0.4, 0.5) is 0 Å². The molecule has 62 valence electrons. The summed E-state index contributed by atoms with van der Waals surface area (Å²) in [5.41, 5.74) is 1.22. The Labute approximate surface area is 79.9 Å². The highest BCUT2D eigenvalue weighted by Gasteiger charge is 2.01. The van der Waals surface area contributed by atoms with E-state index in [9.17, 15) is 0 Å². The maximum atomic E-state index is 4.95. The summed E-state index contributed by atoms with van der Waals surface area (Å²) in [7, 11) is 1.70. The van der Waals surface area contributed by atoms with Gasteiger partial charge in [0.2, 0.25) is 0 Å². The van der Waals surface area contributed by atoms with Crippen LogP contribution in [0.3, 0.4) is 0 Å². The summed E-state index contributed by atoms with van der Waals surface area (Å²) >= 11 is 2.28. The Hall–Kier alpha value is -0.100. The average Bonchev–Trinajstić information content (AvgIpc) is 2.31. The van der Waals surface area contributed by atoms with Crippen molar-refractivity contribution in [3.63, 3.8) is 0 Å². The van der Waals surface area contributed by atoms with Crippen molar-refractivity contribution in [1.29, 1.82) is 0 Å². The predicted octanol–water partition coefficient (Wildman–Crippen LogP) is 1.44. The van der Waals surface area contributed by atoms with Crippen molar-refractivity contribution in [1.82, 2.24) is 9.78 Å². The molecule has 0 aliphatic rings. The summed E-state index contributed by atoms with van der Waals surface area (Å²) in [5, 5.41) is 4.18. The molecular weight excluding hydrogens is 255 g/mol. The Balaban J connectivity index is 2.63. The van der Waals surface area contributed by atoms with Gasteiger partial charge in [0.25, 0.3) is 0 Å². The number of halogens is 1. The van der Waals surface area contributed by atoms with E-state index in [0.717, 1.165) is 13.2 Å². The van der Waals surface area contributed by atoms with Gasteiger partial charge >= 0.3 is 0 Å². The third kappa shape index (κ3) is 2.16. The smallest absolute Gasteiger partial charge is 0.102 e. The molecule has 0 saturated heterocycles. The molecule has 0 aromatic carbocycles. The fraction of sp³-hybridized carbons (Fsp3) is 0.571. The number of rotatable bonds is 3. The molecule has 0 bridgehead atoms. The van der Waals surface area contributed by atoms with Crippen LogP contribution >= 0.6 is 22.6 Å². The minimum Gasteiger partial charge on any atom is -0.383 e. The van der Waals surface area contributed by atoms with Crippen LogP contribution < -0.4 is 0 Å². The Bertz CT molecular complexity index is 234. The van der Waals surface area contributed by atoms with E-state index in [1.54, 1.807) is 7.11 Å². The molecule has 0 aliphatic carbocycles. The van der Waals surface area contributed by atoms with Crippen LogP contribution in [0.5, 0.6) is 0 Å². The predicted molar refractivity (Wildman–Crippen MR) is 51.6 cm³/mol. The third-order valence-corrected chi connectivity index (χ3v) is 2.86. The van der Waals surface area contributed by atoms with Crippen LogP contribution in [-0.4, -0.2) is 23.5 Å². The molecule has 1 rings (SSSR count). The second kappa shape index (κ2) is 4.06. The fourth-order valence-electron chi connectivity index (χ4n) is 0.797. The maximum Gasteiger partial charge on any atom is 0.102 e. The molecule has 1 aromatic heterocycles. The normalized spacial score (nSPS) is 10.5. The highest BCUT2D eigenvalue weighted by atomic mass is 127. The molecule has 0 saturated carbocycles. The van der Waals surface area contributed by atoms with Gasteiger partial charge in [-0.15, -0.1) is 0 Å². The third-order valence-electron chi connectivity index (χ3n) is 1.45.